The Morgan fingerprint density at radius 3 is 2.59 bits per heavy atom. The fourth-order valence-corrected chi connectivity index (χ4v) is 2.19. The van der Waals surface area contributed by atoms with Crippen LogP contribution in [0.5, 0.6) is 0 Å². The molecule has 0 amide bonds. The van der Waals surface area contributed by atoms with E-state index in [2.05, 4.69) is 4.98 Å². The number of fused-ring (bicyclic) bond motifs is 1. The van der Waals surface area contributed by atoms with Crippen LogP contribution in [0.3, 0.4) is 0 Å². The fraction of sp³-hybridized carbons (Fsp3) is 0.333. The zero-order chi connectivity index (χ0) is 16.5. The van der Waals surface area contributed by atoms with Crippen molar-refractivity contribution in [3.05, 3.63) is 36.2 Å². The molecule has 2 atom stereocenters. The van der Waals surface area contributed by atoms with Crippen molar-refractivity contribution in [1.29, 1.82) is 5.26 Å². The third-order valence-electron chi connectivity index (χ3n) is 3.66. The molecule has 1 aromatic carbocycles. The number of aromatic nitrogens is 1. The molecule has 0 saturated heterocycles. The minimum absolute atomic E-state index is 0.259. The molecule has 0 fully saturated rings. The lowest BCUT2D eigenvalue weighted by molar-refractivity contribution is -0.208. The highest BCUT2D eigenvalue weighted by Crippen LogP contribution is 2.29. The molecule has 2 unspecified atom stereocenters. The van der Waals surface area contributed by atoms with Crippen LogP contribution in [-0.2, 0) is 0 Å². The quantitative estimate of drug-likeness (QED) is 0.947. The van der Waals surface area contributed by atoms with Gasteiger partial charge in [0.25, 0.3) is 0 Å². The molecule has 7 heteroatoms. The predicted octanol–water partition coefficient (Wildman–Crippen LogP) is 2.85. The second kappa shape index (κ2) is 5.81. The zero-order valence-electron chi connectivity index (χ0n) is 12.0. The van der Waals surface area contributed by atoms with Crippen LogP contribution < -0.4 is 4.90 Å². The van der Waals surface area contributed by atoms with Gasteiger partial charge in [-0.15, -0.1) is 0 Å². The summed E-state index contributed by atoms with van der Waals surface area (Å²) in [5.41, 5.74) is 0.772. The summed E-state index contributed by atoms with van der Waals surface area (Å²) in [6.07, 6.45) is -5.65. The van der Waals surface area contributed by atoms with Gasteiger partial charge in [-0.3, -0.25) is 0 Å². The summed E-state index contributed by atoms with van der Waals surface area (Å²) in [5.74, 6) is 0. The summed E-state index contributed by atoms with van der Waals surface area (Å²) >= 11 is 0. The van der Waals surface area contributed by atoms with E-state index in [0.29, 0.717) is 16.5 Å². The van der Waals surface area contributed by atoms with Crippen molar-refractivity contribution < 1.29 is 18.3 Å². The average molecular weight is 309 g/mol. The van der Waals surface area contributed by atoms with Gasteiger partial charge in [0.2, 0.25) is 0 Å². The summed E-state index contributed by atoms with van der Waals surface area (Å²) < 4.78 is 37.8. The van der Waals surface area contributed by atoms with Crippen molar-refractivity contribution in [3.63, 3.8) is 0 Å². The van der Waals surface area contributed by atoms with Crippen LogP contribution in [0.15, 0.2) is 30.5 Å². The SMILES string of the molecule is CC(C(O)C(F)(F)F)N(C)c1ccc2c(C#N)nccc2c1. The standard InChI is InChI=1S/C15H14F3N3O/c1-9(14(22)15(16,17)18)21(2)11-3-4-12-10(7-11)5-6-20-13(12)8-19/h3-7,9,14,22H,1-2H3. The predicted molar refractivity (Wildman–Crippen MR) is 76.4 cm³/mol. The van der Waals surface area contributed by atoms with Gasteiger partial charge >= 0.3 is 6.18 Å². The zero-order valence-corrected chi connectivity index (χ0v) is 12.0. The number of rotatable bonds is 3. The van der Waals surface area contributed by atoms with Gasteiger partial charge in [-0.05, 0) is 36.6 Å². The number of nitriles is 1. The topological polar surface area (TPSA) is 60.1 Å². The maximum Gasteiger partial charge on any atom is 0.416 e. The number of hydrogen-bond donors (Lipinski definition) is 1. The molecule has 116 valence electrons. The summed E-state index contributed by atoms with van der Waals surface area (Å²) in [4.78, 5) is 5.28. The fourth-order valence-electron chi connectivity index (χ4n) is 2.19. The normalized spacial score (nSPS) is 14.4. The lowest BCUT2D eigenvalue weighted by atomic mass is 10.1. The van der Waals surface area contributed by atoms with Crippen molar-refractivity contribution in [2.75, 3.05) is 11.9 Å². The van der Waals surface area contributed by atoms with E-state index < -0.39 is 18.3 Å². The summed E-state index contributed by atoms with van der Waals surface area (Å²) in [6.45, 7) is 1.30. The number of likely N-dealkylation sites (N-methyl/N-ethyl adjacent to an activating group) is 1. The first-order valence-electron chi connectivity index (χ1n) is 6.52. The number of alkyl halides is 3. The highest BCUT2D eigenvalue weighted by molar-refractivity contribution is 5.89. The lowest BCUT2D eigenvalue weighted by Crippen LogP contribution is -2.47. The third-order valence-corrected chi connectivity index (χ3v) is 3.66. The molecule has 1 aromatic heterocycles. The summed E-state index contributed by atoms with van der Waals surface area (Å²) in [5, 5.41) is 19.7. The third kappa shape index (κ3) is 2.97. The number of hydrogen-bond acceptors (Lipinski definition) is 4. The van der Waals surface area contributed by atoms with Gasteiger partial charge in [-0.1, -0.05) is 0 Å². The molecule has 4 nitrogen and oxygen atoms in total. The molecular formula is C15H14F3N3O. The number of benzene rings is 1. The highest BCUT2D eigenvalue weighted by Gasteiger charge is 2.43. The van der Waals surface area contributed by atoms with Crippen LogP contribution in [0.1, 0.15) is 12.6 Å². The van der Waals surface area contributed by atoms with Gasteiger partial charge in [0.1, 0.15) is 11.8 Å². The molecule has 0 aliphatic heterocycles. The Kier molecular flexibility index (Phi) is 4.24. The Hall–Kier alpha value is -2.33. The first-order chi connectivity index (χ1) is 10.3. The molecule has 2 aromatic rings. The van der Waals surface area contributed by atoms with Crippen molar-refractivity contribution in [2.45, 2.75) is 25.2 Å². The van der Waals surface area contributed by atoms with E-state index in [-0.39, 0.29) is 5.69 Å². The number of nitrogens with zero attached hydrogens (tertiary/aromatic N) is 3. The molecule has 0 aliphatic carbocycles. The maximum absolute atomic E-state index is 12.6. The van der Waals surface area contributed by atoms with Crippen LogP contribution in [-0.4, -0.2) is 35.5 Å². The molecule has 0 aliphatic rings. The Labute approximate surface area is 125 Å². The van der Waals surface area contributed by atoms with Gasteiger partial charge in [-0.2, -0.15) is 18.4 Å². The molecule has 22 heavy (non-hydrogen) atoms. The molecule has 2 rings (SSSR count). The minimum atomic E-state index is -4.68. The summed E-state index contributed by atoms with van der Waals surface area (Å²) in [6, 6.07) is 7.41. The van der Waals surface area contributed by atoms with Gasteiger partial charge in [-0.25, -0.2) is 4.98 Å². The Bertz CT molecular complexity index is 724. The first-order valence-corrected chi connectivity index (χ1v) is 6.52. The smallest absolute Gasteiger partial charge is 0.382 e. The van der Waals surface area contributed by atoms with Gasteiger partial charge in [0, 0.05) is 24.3 Å². The van der Waals surface area contributed by atoms with Crippen molar-refractivity contribution in [2.24, 2.45) is 0 Å². The number of halogens is 3. The first kappa shape index (κ1) is 16.0. The molecule has 1 heterocycles. The molecule has 0 saturated carbocycles. The van der Waals surface area contributed by atoms with E-state index in [1.54, 1.807) is 24.3 Å². The van der Waals surface area contributed by atoms with E-state index in [1.807, 2.05) is 6.07 Å². The monoisotopic (exact) mass is 309 g/mol. The lowest BCUT2D eigenvalue weighted by Gasteiger charge is -2.31. The van der Waals surface area contributed by atoms with Crippen molar-refractivity contribution in [3.8, 4) is 6.07 Å². The molecule has 0 spiro atoms. The number of anilines is 1. The Balaban J connectivity index is 2.37. The summed E-state index contributed by atoms with van der Waals surface area (Å²) in [7, 11) is 1.48. The van der Waals surface area contributed by atoms with E-state index >= 15 is 0 Å². The van der Waals surface area contributed by atoms with Crippen molar-refractivity contribution in [1.82, 2.24) is 4.98 Å². The molecule has 1 N–H and O–H groups in total. The Morgan fingerprint density at radius 1 is 1.32 bits per heavy atom. The Morgan fingerprint density at radius 2 is 2.00 bits per heavy atom. The van der Waals surface area contributed by atoms with Crippen LogP contribution in [0.4, 0.5) is 18.9 Å². The molecule has 0 bridgehead atoms. The highest BCUT2D eigenvalue weighted by atomic mass is 19.4. The number of pyridine rings is 1. The largest absolute Gasteiger partial charge is 0.416 e. The average Bonchev–Trinajstić information content (AvgIpc) is 2.50. The number of aliphatic hydroxyl groups is 1. The molecule has 0 radical (unpaired) electrons. The van der Waals surface area contributed by atoms with Crippen LogP contribution >= 0.6 is 0 Å². The second-order valence-electron chi connectivity index (χ2n) is 5.01. The van der Waals surface area contributed by atoms with Gasteiger partial charge in [0.05, 0.1) is 6.04 Å². The van der Waals surface area contributed by atoms with Gasteiger partial charge < -0.3 is 10.0 Å². The van der Waals surface area contributed by atoms with Crippen molar-refractivity contribution >= 4 is 16.5 Å². The van der Waals surface area contributed by atoms with E-state index in [9.17, 15) is 18.3 Å². The number of aliphatic hydroxyl groups excluding tert-OH is 1. The molecular weight excluding hydrogens is 295 g/mol. The van der Waals surface area contributed by atoms with Crippen LogP contribution in [0, 0.1) is 11.3 Å². The van der Waals surface area contributed by atoms with E-state index in [0.717, 1.165) is 0 Å². The van der Waals surface area contributed by atoms with E-state index in [4.69, 9.17) is 5.26 Å². The minimum Gasteiger partial charge on any atom is -0.382 e. The van der Waals surface area contributed by atoms with Crippen LogP contribution in [0.25, 0.3) is 10.8 Å². The van der Waals surface area contributed by atoms with Crippen LogP contribution in [0.2, 0.25) is 0 Å². The van der Waals surface area contributed by atoms with Gasteiger partial charge in [0.15, 0.2) is 6.10 Å². The second-order valence-corrected chi connectivity index (χ2v) is 5.01. The maximum atomic E-state index is 12.6. The van der Waals surface area contributed by atoms with E-state index in [1.165, 1.54) is 25.1 Å².